The number of hydrogen-bond donors (Lipinski definition) is 1. The summed E-state index contributed by atoms with van der Waals surface area (Å²) in [6.45, 7) is 5.57. The summed E-state index contributed by atoms with van der Waals surface area (Å²) in [4.78, 5) is 18.8. The van der Waals surface area contributed by atoms with Crippen molar-refractivity contribution in [3.8, 4) is 11.5 Å². The number of nitrogens with zero attached hydrogens (tertiary/aromatic N) is 4. The van der Waals surface area contributed by atoms with E-state index in [1.807, 2.05) is 30.3 Å². The Morgan fingerprint density at radius 1 is 1.12 bits per heavy atom. The molecule has 8 nitrogen and oxygen atoms in total. The van der Waals surface area contributed by atoms with Crippen LogP contribution in [0.4, 0.5) is 4.39 Å². The van der Waals surface area contributed by atoms with Gasteiger partial charge in [0.15, 0.2) is 5.89 Å². The molecule has 0 bridgehead atoms. The van der Waals surface area contributed by atoms with Gasteiger partial charge in [0.05, 0.1) is 17.6 Å². The van der Waals surface area contributed by atoms with Crippen molar-refractivity contribution in [2.24, 2.45) is 5.73 Å². The standard InChI is InChI=1S/C25H26FN5O3/c1-15-21(28-16(2)33-15)14-31(4)23(32)18-10-11-20(26)19(12-18)22-29-30-24(34-22)25(3,27)13-17-8-6-5-7-9-17/h5-12H,13-14,27H2,1-4H3. The minimum absolute atomic E-state index is 0.0296. The van der Waals surface area contributed by atoms with Crippen LogP contribution in [-0.2, 0) is 18.5 Å². The molecule has 2 aromatic carbocycles. The van der Waals surface area contributed by atoms with Crippen LogP contribution >= 0.6 is 0 Å². The third-order valence-electron chi connectivity index (χ3n) is 5.50. The predicted molar refractivity (Wildman–Crippen MR) is 123 cm³/mol. The zero-order valence-electron chi connectivity index (χ0n) is 19.5. The Morgan fingerprint density at radius 2 is 1.85 bits per heavy atom. The van der Waals surface area contributed by atoms with E-state index in [0.717, 1.165) is 5.56 Å². The molecule has 0 spiro atoms. The Hall–Kier alpha value is -3.85. The number of carbonyl (C=O) groups is 1. The molecular weight excluding hydrogens is 437 g/mol. The zero-order chi connectivity index (χ0) is 24.5. The van der Waals surface area contributed by atoms with Gasteiger partial charge in [0.25, 0.3) is 11.8 Å². The van der Waals surface area contributed by atoms with E-state index < -0.39 is 11.4 Å². The molecule has 2 aromatic heterocycles. The Morgan fingerprint density at radius 3 is 2.53 bits per heavy atom. The lowest BCUT2D eigenvalue weighted by Gasteiger charge is -2.20. The highest BCUT2D eigenvalue weighted by Crippen LogP contribution is 2.28. The third kappa shape index (κ3) is 4.89. The largest absolute Gasteiger partial charge is 0.446 e. The number of benzene rings is 2. The minimum atomic E-state index is -0.954. The number of hydrogen-bond acceptors (Lipinski definition) is 7. The first-order valence-corrected chi connectivity index (χ1v) is 10.8. The van der Waals surface area contributed by atoms with Gasteiger partial charge in [0.2, 0.25) is 5.89 Å². The maximum Gasteiger partial charge on any atom is 0.253 e. The second-order valence-electron chi connectivity index (χ2n) is 8.58. The number of oxazole rings is 1. The summed E-state index contributed by atoms with van der Waals surface area (Å²) < 4.78 is 25.9. The first kappa shape index (κ1) is 23.3. The van der Waals surface area contributed by atoms with Crippen molar-refractivity contribution in [3.05, 3.63) is 88.7 Å². The van der Waals surface area contributed by atoms with Gasteiger partial charge in [0.1, 0.15) is 17.3 Å². The molecule has 2 N–H and O–H groups in total. The fraction of sp³-hybridized carbons (Fsp3) is 0.280. The maximum atomic E-state index is 14.7. The fourth-order valence-corrected chi connectivity index (χ4v) is 3.72. The number of nitrogens with two attached hydrogens (primary N) is 1. The van der Waals surface area contributed by atoms with E-state index in [1.54, 1.807) is 27.8 Å². The van der Waals surface area contributed by atoms with Crippen molar-refractivity contribution in [1.29, 1.82) is 0 Å². The SMILES string of the molecule is Cc1nc(CN(C)C(=O)c2ccc(F)c(-c3nnc(C(C)(N)Cc4ccccc4)o3)c2)c(C)o1. The topological polar surface area (TPSA) is 111 Å². The second-order valence-corrected chi connectivity index (χ2v) is 8.58. The molecule has 0 radical (unpaired) electrons. The number of rotatable bonds is 7. The summed E-state index contributed by atoms with van der Waals surface area (Å²) in [5, 5.41) is 8.06. The number of aryl methyl sites for hydroxylation is 2. The Labute approximate surface area is 196 Å². The number of carbonyl (C=O) groups excluding carboxylic acids is 1. The highest BCUT2D eigenvalue weighted by molar-refractivity contribution is 5.95. The van der Waals surface area contributed by atoms with Crippen LogP contribution in [-0.4, -0.2) is 33.0 Å². The van der Waals surface area contributed by atoms with E-state index in [0.29, 0.717) is 23.8 Å². The van der Waals surface area contributed by atoms with Crippen LogP contribution < -0.4 is 5.73 Å². The van der Waals surface area contributed by atoms with Gasteiger partial charge in [0, 0.05) is 19.5 Å². The van der Waals surface area contributed by atoms with Crippen LogP contribution in [0.2, 0.25) is 0 Å². The maximum absolute atomic E-state index is 14.7. The number of amides is 1. The predicted octanol–water partition coefficient (Wildman–Crippen LogP) is 4.17. The Bertz CT molecular complexity index is 1310. The van der Waals surface area contributed by atoms with Crippen molar-refractivity contribution >= 4 is 5.91 Å². The van der Waals surface area contributed by atoms with Crippen LogP contribution in [0.5, 0.6) is 0 Å². The molecular formula is C25H26FN5O3. The van der Waals surface area contributed by atoms with Gasteiger partial charge in [-0.15, -0.1) is 10.2 Å². The number of aromatic nitrogens is 3. The van der Waals surface area contributed by atoms with Gasteiger partial charge in [-0.1, -0.05) is 30.3 Å². The molecule has 9 heteroatoms. The molecule has 0 aliphatic carbocycles. The van der Waals surface area contributed by atoms with E-state index in [-0.39, 0.29) is 35.4 Å². The average Bonchev–Trinajstić information content (AvgIpc) is 3.41. The summed E-state index contributed by atoms with van der Waals surface area (Å²) in [6, 6.07) is 13.7. The van der Waals surface area contributed by atoms with Crippen LogP contribution in [0, 0.1) is 19.7 Å². The van der Waals surface area contributed by atoms with Crippen molar-refractivity contribution < 1.29 is 18.0 Å². The summed E-state index contributed by atoms with van der Waals surface area (Å²) >= 11 is 0. The molecule has 4 rings (SSSR count). The van der Waals surface area contributed by atoms with Gasteiger partial charge in [-0.3, -0.25) is 4.79 Å². The first-order chi connectivity index (χ1) is 16.1. The molecule has 34 heavy (non-hydrogen) atoms. The minimum Gasteiger partial charge on any atom is -0.446 e. The molecule has 0 saturated carbocycles. The summed E-state index contributed by atoms with van der Waals surface area (Å²) in [6.07, 6.45) is 0.461. The van der Waals surface area contributed by atoms with Gasteiger partial charge < -0.3 is 19.5 Å². The van der Waals surface area contributed by atoms with Gasteiger partial charge in [-0.05, 0) is 44.0 Å². The summed E-state index contributed by atoms with van der Waals surface area (Å²) in [7, 11) is 1.64. The normalized spacial score (nSPS) is 13.0. The molecule has 1 amide bonds. The number of halogens is 1. The van der Waals surface area contributed by atoms with E-state index in [9.17, 15) is 9.18 Å². The van der Waals surface area contributed by atoms with E-state index in [1.165, 1.54) is 23.1 Å². The van der Waals surface area contributed by atoms with Crippen molar-refractivity contribution in [2.75, 3.05) is 7.05 Å². The fourth-order valence-electron chi connectivity index (χ4n) is 3.72. The average molecular weight is 464 g/mol. The Balaban J connectivity index is 1.56. The van der Waals surface area contributed by atoms with Crippen molar-refractivity contribution in [1.82, 2.24) is 20.1 Å². The third-order valence-corrected chi connectivity index (χ3v) is 5.50. The quantitative estimate of drug-likeness (QED) is 0.438. The van der Waals surface area contributed by atoms with E-state index in [4.69, 9.17) is 14.6 Å². The molecule has 0 aliphatic heterocycles. The molecule has 0 fully saturated rings. The lowest BCUT2D eigenvalue weighted by atomic mass is 9.94. The van der Waals surface area contributed by atoms with Crippen LogP contribution in [0.15, 0.2) is 57.4 Å². The lowest BCUT2D eigenvalue weighted by Crippen LogP contribution is -2.35. The van der Waals surface area contributed by atoms with E-state index >= 15 is 0 Å². The molecule has 176 valence electrons. The van der Waals surface area contributed by atoms with Crippen molar-refractivity contribution in [3.63, 3.8) is 0 Å². The molecule has 1 atom stereocenters. The highest BCUT2D eigenvalue weighted by Gasteiger charge is 2.29. The lowest BCUT2D eigenvalue weighted by molar-refractivity contribution is 0.0783. The van der Waals surface area contributed by atoms with Gasteiger partial charge >= 0.3 is 0 Å². The van der Waals surface area contributed by atoms with Crippen LogP contribution in [0.25, 0.3) is 11.5 Å². The monoisotopic (exact) mass is 463 g/mol. The molecule has 4 aromatic rings. The zero-order valence-corrected chi connectivity index (χ0v) is 19.5. The molecule has 1 unspecified atom stereocenters. The smallest absolute Gasteiger partial charge is 0.253 e. The molecule has 0 saturated heterocycles. The van der Waals surface area contributed by atoms with Gasteiger partial charge in [-0.25, -0.2) is 9.37 Å². The first-order valence-electron chi connectivity index (χ1n) is 10.8. The van der Waals surface area contributed by atoms with Crippen LogP contribution in [0.3, 0.4) is 0 Å². The highest BCUT2D eigenvalue weighted by atomic mass is 19.1. The van der Waals surface area contributed by atoms with Gasteiger partial charge in [-0.2, -0.15) is 0 Å². The van der Waals surface area contributed by atoms with Crippen LogP contribution in [0.1, 0.15) is 46.1 Å². The summed E-state index contributed by atoms with van der Waals surface area (Å²) in [5.41, 5.74) is 7.46. The molecule has 2 heterocycles. The second kappa shape index (κ2) is 9.18. The molecule has 0 aliphatic rings. The van der Waals surface area contributed by atoms with Crippen molar-refractivity contribution in [2.45, 2.75) is 39.3 Å². The summed E-state index contributed by atoms with van der Waals surface area (Å²) in [5.74, 6) is 0.418. The Kier molecular flexibility index (Phi) is 6.30. The van der Waals surface area contributed by atoms with E-state index in [2.05, 4.69) is 15.2 Å².